The molecule has 0 bridgehead atoms. The topological polar surface area (TPSA) is 6.48 Å². The second-order valence-corrected chi connectivity index (χ2v) is 15.1. The third-order valence-electron chi connectivity index (χ3n) is 11.0. The minimum atomic E-state index is 1.10. The third kappa shape index (κ3) is 8.05. The minimum Gasteiger partial charge on any atom is -0.311 e. The van der Waals surface area contributed by atoms with Gasteiger partial charge in [0.1, 0.15) is 0 Å². The lowest BCUT2D eigenvalue weighted by Crippen LogP contribution is -2.18. The van der Waals surface area contributed by atoms with Crippen molar-refractivity contribution in [1.29, 1.82) is 0 Å². The van der Waals surface area contributed by atoms with Gasteiger partial charge < -0.3 is 9.80 Å². The van der Waals surface area contributed by atoms with E-state index < -0.39 is 0 Å². The molecule has 0 spiro atoms. The Bertz CT molecular complexity index is 2790. The van der Waals surface area contributed by atoms with Crippen molar-refractivity contribution in [3.63, 3.8) is 0 Å². The molecule has 0 fully saturated rings. The molecule has 0 aliphatic carbocycles. The van der Waals surface area contributed by atoms with Crippen LogP contribution in [0.2, 0.25) is 0 Å². The molecule has 2 heteroatoms. The molecule has 0 radical (unpaired) electrons. The average molecular weight is 771 g/mol. The number of benzene rings is 9. The van der Waals surface area contributed by atoms with E-state index in [0.29, 0.717) is 0 Å². The van der Waals surface area contributed by atoms with Crippen LogP contribution in [0.3, 0.4) is 0 Å². The van der Waals surface area contributed by atoms with E-state index in [9.17, 15) is 0 Å². The molecule has 0 aromatic heterocycles. The van der Waals surface area contributed by atoms with Crippen LogP contribution in [0.1, 0.15) is 38.9 Å². The number of para-hydroxylation sites is 2. The molecule has 9 aromatic carbocycles. The number of nitrogens with zero attached hydrogens (tertiary/aromatic N) is 2. The van der Waals surface area contributed by atoms with Crippen LogP contribution in [0.4, 0.5) is 28.4 Å². The largest absolute Gasteiger partial charge is 0.311 e. The van der Waals surface area contributed by atoms with Crippen molar-refractivity contribution in [3.05, 3.63) is 269 Å². The van der Waals surface area contributed by atoms with Gasteiger partial charge in [-0.25, -0.2) is 0 Å². The maximum Gasteiger partial charge on any atom is 0.0618 e. The van der Waals surface area contributed by atoms with E-state index in [1.54, 1.807) is 0 Å². The Morgan fingerprint density at radius 3 is 1.32 bits per heavy atom. The molecular weight excluding hydrogens is 725 g/mol. The van der Waals surface area contributed by atoms with Crippen molar-refractivity contribution in [1.82, 2.24) is 0 Å². The molecule has 9 rings (SSSR count). The molecule has 0 aliphatic heterocycles. The fourth-order valence-corrected chi connectivity index (χ4v) is 8.01. The predicted molar refractivity (Wildman–Crippen MR) is 257 cm³/mol. The van der Waals surface area contributed by atoms with E-state index in [1.165, 1.54) is 27.5 Å². The van der Waals surface area contributed by atoms with Crippen LogP contribution in [0.5, 0.6) is 0 Å². The highest BCUT2D eigenvalue weighted by Gasteiger charge is 2.24. The Morgan fingerprint density at radius 1 is 0.350 bits per heavy atom. The van der Waals surface area contributed by atoms with Crippen molar-refractivity contribution >= 4 is 62.6 Å². The molecular formula is C58H46N2. The summed E-state index contributed by atoms with van der Waals surface area (Å²) >= 11 is 0. The predicted octanol–water partition coefficient (Wildman–Crippen LogP) is 15.9. The summed E-state index contributed by atoms with van der Waals surface area (Å²) in [5.41, 5.74) is 16.0. The smallest absolute Gasteiger partial charge is 0.0618 e. The molecule has 0 N–H and O–H groups in total. The van der Waals surface area contributed by atoms with Gasteiger partial charge in [-0.15, -0.1) is 0 Å². The zero-order valence-electron chi connectivity index (χ0n) is 34.0. The lowest BCUT2D eigenvalue weighted by Gasteiger charge is -2.32. The van der Waals surface area contributed by atoms with Gasteiger partial charge in [0.25, 0.3) is 0 Å². The van der Waals surface area contributed by atoms with Crippen molar-refractivity contribution in [2.75, 3.05) is 9.80 Å². The highest BCUT2D eigenvalue weighted by molar-refractivity contribution is 6.12. The number of hydrogen-bond acceptors (Lipinski definition) is 2. The molecule has 0 aliphatic rings. The molecule has 0 amide bonds. The summed E-state index contributed by atoms with van der Waals surface area (Å²) in [7, 11) is 0. The van der Waals surface area contributed by atoms with Crippen molar-refractivity contribution in [2.24, 2.45) is 0 Å². The van der Waals surface area contributed by atoms with Crippen LogP contribution in [0.15, 0.2) is 231 Å². The standard InChI is InChI=1S/C58H46N2/c1-43-27-36-52(37-28-43)60(53-38-29-44(2)30-39-53)58(48-19-9-4-10-20-48)57(47-17-7-3-8-18-47)56-42-35-46(54-25-15-16-26-55(54)56)34-31-45-32-40-51(41-33-45)59(49-21-11-5-12-22-49)50-23-13-6-14-24-50/h3-42H,1-2H3. The van der Waals surface area contributed by atoms with E-state index in [4.69, 9.17) is 0 Å². The summed E-state index contributed by atoms with van der Waals surface area (Å²) in [5, 5.41) is 2.39. The van der Waals surface area contributed by atoms with Gasteiger partial charge in [-0.3, -0.25) is 0 Å². The highest BCUT2D eigenvalue weighted by atomic mass is 15.2. The van der Waals surface area contributed by atoms with E-state index in [0.717, 1.165) is 62.0 Å². The van der Waals surface area contributed by atoms with Gasteiger partial charge in [-0.05, 0) is 113 Å². The first-order valence-electron chi connectivity index (χ1n) is 20.6. The Kier molecular flexibility index (Phi) is 11.0. The van der Waals surface area contributed by atoms with E-state index >= 15 is 0 Å². The molecule has 60 heavy (non-hydrogen) atoms. The lowest BCUT2D eigenvalue weighted by molar-refractivity contribution is 1.27. The Balaban J connectivity index is 1.19. The number of fused-ring (bicyclic) bond motifs is 1. The average Bonchev–Trinajstić information content (AvgIpc) is 3.31. The molecule has 0 unspecified atom stereocenters. The maximum atomic E-state index is 2.43. The van der Waals surface area contributed by atoms with Crippen LogP contribution in [0.25, 0.3) is 34.2 Å². The molecule has 9 aromatic rings. The van der Waals surface area contributed by atoms with Gasteiger partial charge in [-0.2, -0.15) is 0 Å². The van der Waals surface area contributed by atoms with Gasteiger partial charge >= 0.3 is 0 Å². The van der Waals surface area contributed by atoms with E-state index in [-0.39, 0.29) is 0 Å². The molecule has 0 saturated heterocycles. The Morgan fingerprint density at radius 2 is 0.783 bits per heavy atom. The molecule has 0 heterocycles. The minimum absolute atomic E-state index is 1.10. The first-order valence-corrected chi connectivity index (χ1v) is 20.6. The molecule has 2 nitrogen and oxygen atoms in total. The fraction of sp³-hybridized carbons (Fsp3) is 0.0345. The van der Waals surface area contributed by atoms with Crippen LogP contribution >= 0.6 is 0 Å². The lowest BCUT2D eigenvalue weighted by atomic mass is 9.87. The van der Waals surface area contributed by atoms with Gasteiger partial charge in [-0.1, -0.05) is 193 Å². The summed E-state index contributed by atoms with van der Waals surface area (Å²) in [4.78, 5) is 4.72. The molecule has 288 valence electrons. The second-order valence-electron chi connectivity index (χ2n) is 15.1. The summed E-state index contributed by atoms with van der Waals surface area (Å²) in [6.07, 6.45) is 4.47. The molecule has 0 saturated carbocycles. The first-order chi connectivity index (χ1) is 29.6. The summed E-state index contributed by atoms with van der Waals surface area (Å²) in [6.45, 7) is 4.29. The zero-order chi connectivity index (χ0) is 40.7. The van der Waals surface area contributed by atoms with Gasteiger partial charge in [0.05, 0.1) is 5.70 Å². The number of aryl methyl sites for hydroxylation is 2. The van der Waals surface area contributed by atoms with Gasteiger partial charge in [0, 0.05) is 34.0 Å². The monoisotopic (exact) mass is 770 g/mol. The van der Waals surface area contributed by atoms with Crippen LogP contribution in [-0.2, 0) is 0 Å². The summed E-state index contributed by atoms with van der Waals surface area (Å²) in [5.74, 6) is 0. The van der Waals surface area contributed by atoms with Crippen LogP contribution in [0, 0.1) is 13.8 Å². The zero-order valence-corrected chi connectivity index (χ0v) is 34.0. The van der Waals surface area contributed by atoms with Gasteiger partial charge in [0.15, 0.2) is 0 Å². The quantitative estimate of drug-likeness (QED) is 0.121. The normalized spacial score (nSPS) is 11.7. The van der Waals surface area contributed by atoms with Crippen LogP contribution < -0.4 is 9.80 Å². The van der Waals surface area contributed by atoms with Crippen LogP contribution in [-0.4, -0.2) is 0 Å². The van der Waals surface area contributed by atoms with E-state index in [1.807, 2.05) is 0 Å². The van der Waals surface area contributed by atoms with Crippen molar-refractivity contribution < 1.29 is 0 Å². The summed E-state index contributed by atoms with van der Waals surface area (Å²) < 4.78 is 0. The number of anilines is 5. The maximum absolute atomic E-state index is 2.43. The SMILES string of the molecule is Cc1ccc(N(C(=C(c2ccccc2)c2ccc(C=Cc3ccc(N(c4ccccc4)c4ccccc4)cc3)c3ccccc23)c2ccccc2)c2ccc(C)cc2)cc1. The number of hydrogen-bond donors (Lipinski definition) is 0. The molecule has 0 atom stereocenters. The first kappa shape index (κ1) is 37.9. The van der Waals surface area contributed by atoms with Crippen molar-refractivity contribution in [3.8, 4) is 0 Å². The highest BCUT2D eigenvalue weighted by Crippen LogP contribution is 2.44. The third-order valence-corrected chi connectivity index (χ3v) is 11.0. The number of rotatable bonds is 11. The Hall–Kier alpha value is -7.68. The van der Waals surface area contributed by atoms with Gasteiger partial charge in [0.2, 0.25) is 0 Å². The second kappa shape index (κ2) is 17.4. The van der Waals surface area contributed by atoms with E-state index in [2.05, 4.69) is 266 Å². The van der Waals surface area contributed by atoms with Crippen molar-refractivity contribution in [2.45, 2.75) is 13.8 Å². The fourth-order valence-electron chi connectivity index (χ4n) is 8.01. The summed E-state index contributed by atoms with van der Waals surface area (Å²) in [6, 6.07) is 82.8. The Labute approximate surface area is 354 Å².